The maximum Gasteiger partial charge on any atom is 0.240 e. The molecule has 5 nitrogen and oxygen atoms in total. The number of amides is 1. The molecule has 0 aliphatic carbocycles. The predicted molar refractivity (Wildman–Crippen MR) is 114 cm³/mol. The molecular formula is C22H25FN4OS. The van der Waals surface area contributed by atoms with Gasteiger partial charge in [0.1, 0.15) is 11.1 Å². The predicted octanol–water partition coefficient (Wildman–Crippen LogP) is 4.66. The summed E-state index contributed by atoms with van der Waals surface area (Å²) in [5.41, 5.74) is 1.30. The first kappa shape index (κ1) is 21.0. The average Bonchev–Trinajstić information content (AvgIpc) is 3.08. The summed E-state index contributed by atoms with van der Waals surface area (Å²) in [6.45, 7) is 4.79. The van der Waals surface area contributed by atoms with Crippen LogP contribution in [0.2, 0.25) is 0 Å². The molecule has 0 saturated carbocycles. The van der Waals surface area contributed by atoms with Crippen LogP contribution in [-0.2, 0) is 11.3 Å². The van der Waals surface area contributed by atoms with E-state index in [1.165, 1.54) is 17.8 Å². The Labute approximate surface area is 175 Å². The Hall–Kier alpha value is -2.67. The van der Waals surface area contributed by atoms with Crippen molar-refractivity contribution < 1.29 is 9.18 Å². The lowest BCUT2D eigenvalue weighted by Crippen LogP contribution is -2.27. The van der Waals surface area contributed by atoms with Gasteiger partial charge in [0, 0.05) is 20.6 Å². The van der Waals surface area contributed by atoms with Crippen LogP contribution in [0.15, 0.2) is 59.8 Å². The lowest BCUT2D eigenvalue weighted by atomic mass is 10.1. The van der Waals surface area contributed by atoms with E-state index in [1.54, 1.807) is 37.2 Å². The number of benzene rings is 2. The molecule has 1 aromatic heterocycles. The van der Waals surface area contributed by atoms with Crippen molar-refractivity contribution in [2.24, 2.45) is 5.92 Å². The SMILES string of the molecule is CC(C)Cn1c(SC(C(=O)N(C)C)c2ccccc2)nnc1-c1ccccc1F. The Morgan fingerprint density at radius 1 is 1.07 bits per heavy atom. The lowest BCUT2D eigenvalue weighted by Gasteiger charge is -2.21. The summed E-state index contributed by atoms with van der Waals surface area (Å²) >= 11 is 1.34. The highest BCUT2D eigenvalue weighted by Crippen LogP contribution is 2.37. The summed E-state index contributed by atoms with van der Waals surface area (Å²) in [6, 6.07) is 16.2. The highest BCUT2D eigenvalue weighted by atomic mass is 32.2. The monoisotopic (exact) mass is 412 g/mol. The van der Waals surface area contributed by atoms with E-state index in [4.69, 9.17) is 0 Å². The largest absolute Gasteiger partial charge is 0.348 e. The highest BCUT2D eigenvalue weighted by molar-refractivity contribution is 8.00. The first-order chi connectivity index (χ1) is 13.9. The lowest BCUT2D eigenvalue weighted by molar-refractivity contribution is -0.128. The average molecular weight is 413 g/mol. The van der Waals surface area contributed by atoms with E-state index in [-0.39, 0.29) is 11.7 Å². The summed E-state index contributed by atoms with van der Waals surface area (Å²) in [5, 5.41) is 8.75. The number of carbonyl (C=O) groups excluding carboxylic acids is 1. The number of nitrogens with zero attached hydrogens (tertiary/aromatic N) is 4. The summed E-state index contributed by atoms with van der Waals surface area (Å²) in [4.78, 5) is 14.5. The number of rotatable bonds is 7. The van der Waals surface area contributed by atoms with Gasteiger partial charge in [-0.3, -0.25) is 4.79 Å². The van der Waals surface area contributed by atoms with Crippen molar-refractivity contribution in [3.8, 4) is 11.4 Å². The van der Waals surface area contributed by atoms with E-state index in [1.807, 2.05) is 34.9 Å². The van der Waals surface area contributed by atoms with E-state index in [0.717, 1.165) is 5.56 Å². The molecule has 1 amide bonds. The Morgan fingerprint density at radius 2 is 1.72 bits per heavy atom. The maximum absolute atomic E-state index is 14.4. The molecule has 2 aromatic carbocycles. The maximum atomic E-state index is 14.4. The zero-order valence-corrected chi connectivity index (χ0v) is 17.9. The summed E-state index contributed by atoms with van der Waals surface area (Å²) < 4.78 is 16.3. The molecule has 0 fully saturated rings. The van der Waals surface area contributed by atoms with Gasteiger partial charge in [-0.1, -0.05) is 68.1 Å². The van der Waals surface area contributed by atoms with Crippen molar-refractivity contribution >= 4 is 17.7 Å². The Bertz CT molecular complexity index is 972. The molecule has 0 radical (unpaired) electrons. The fourth-order valence-corrected chi connectivity index (χ4v) is 4.17. The van der Waals surface area contributed by atoms with E-state index < -0.39 is 5.25 Å². The number of thioether (sulfide) groups is 1. The molecule has 0 bridgehead atoms. The third-order valence-electron chi connectivity index (χ3n) is 4.37. The second-order valence-electron chi connectivity index (χ2n) is 7.43. The van der Waals surface area contributed by atoms with Gasteiger partial charge in [-0.15, -0.1) is 10.2 Å². The van der Waals surface area contributed by atoms with Crippen molar-refractivity contribution in [2.45, 2.75) is 30.8 Å². The van der Waals surface area contributed by atoms with Gasteiger partial charge in [0.25, 0.3) is 0 Å². The van der Waals surface area contributed by atoms with Crippen LogP contribution in [-0.4, -0.2) is 39.7 Å². The molecule has 7 heteroatoms. The zero-order valence-electron chi connectivity index (χ0n) is 17.0. The van der Waals surface area contributed by atoms with Crippen molar-refractivity contribution in [3.63, 3.8) is 0 Å². The van der Waals surface area contributed by atoms with Gasteiger partial charge < -0.3 is 9.47 Å². The Morgan fingerprint density at radius 3 is 2.34 bits per heavy atom. The number of hydrogen-bond acceptors (Lipinski definition) is 4. The number of likely N-dealkylation sites (N-methyl/N-ethyl adjacent to an activating group) is 1. The van der Waals surface area contributed by atoms with Crippen LogP contribution in [0.25, 0.3) is 11.4 Å². The number of carbonyl (C=O) groups is 1. The fraction of sp³-hybridized carbons (Fsp3) is 0.318. The summed E-state index contributed by atoms with van der Waals surface area (Å²) in [5.74, 6) is 0.400. The van der Waals surface area contributed by atoms with E-state index in [2.05, 4.69) is 24.0 Å². The van der Waals surface area contributed by atoms with Gasteiger partial charge in [-0.05, 0) is 23.6 Å². The minimum absolute atomic E-state index is 0.0345. The van der Waals surface area contributed by atoms with Gasteiger partial charge in [-0.2, -0.15) is 0 Å². The Balaban J connectivity index is 2.05. The van der Waals surface area contributed by atoms with Crippen LogP contribution in [0.1, 0.15) is 24.7 Å². The van der Waals surface area contributed by atoms with Gasteiger partial charge >= 0.3 is 0 Å². The molecule has 1 atom stereocenters. The number of hydrogen-bond donors (Lipinski definition) is 0. The molecule has 0 aliphatic heterocycles. The van der Waals surface area contributed by atoms with Gasteiger partial charge in [0.15, 0.2) is 11.0 Å². The topological polar surface area (TPSA) is 51.0 Å². The third kappa shape index (κ3) is 4.85. The fourth-order valence-electron chi connectivity index (χ4n) is 2.98. The minimum atomic E-state index is -0.463. The van der Waals surface area contributed by atoms with Crippen molar-refractivity contribution in [1.29, 1.82) is 0 Å². The van der Waals surface area contributed by atoms with E-state index in [9.17, 15) is 9.18 Å². The highest BCUT2D eigenvalue weighted by Gasteiger charge is 2.27. The smallest absolute Gasteiger partial charge is 0.240 e. The molecule has 0 N–H and O–H groups in total. The molecule has 0 saturated heterocycles. The molecule has 152 valence electrons. The molecule has 1 unspecified atom stereocenters. The van der Waals surface area contributed by atoms with Crippen molar-refractivity contribution in [2.75, 3.05) is 14.1 Å². The quantitative estimate of drug-likeness (QED) is 0.530. The van der Waals surface area contributed by atoms with E-state index >= 15 is 0 Å². The van der Waals surface area contributed by atoms with Crippen molar-refractivity contribution in [1.82, 2.24) is 19.7 Å². The normalized spacial score (nSPS) is 12.2. The summed E-state index contributed by atoms with van der Waals surface area (Å²) in [6.07, 6.45) is 0. The summed E-state index contributed by atoms with van der Waals surface area (Å²) in [7, 11) is 3.48. The van der Waals surface area contributed by atoms with Crippen LogP contribution in [0.5, 0.6) is 0 Å². The zero-order chi connectivity index (χ0) is 21.0. The van der Waals surface area contributed by atoms with Crippen LogP contribution in [0.4, 0.5) is 4.39 Å². The first-order valence-corrected chi connectivity index (χ1v) is 10.4. The van der Waals surface area contributed by atoms with E-state index in [0.29, 0.717) is 29.0 Å². The molecule has 29 heavy (non-hydrogen) atoms. The third-order valence-corrected chi connectivity index (χ3v) is 5.59. The van der Waals surface area contributed by atoms with Crippen LogP contribution in [0, 0.1) is 11.7 Å². The minimum Gasteiger partial charge on any atom is -0.348 e. The molecule has 0 aliphatic rings. The van der Waals surface area contributed by atoms with Crippen molar-refractivity contribution in [3.05, 3.63) is 66.0 Å². The molecule has 0 spiro atoms. The molecule has 3 rings (SSSR count). The van der Waals surface area contributed by atoms with Crippen LogP contribution < -0.4 is 0 Å². The van der Waals surface area contributed by atoms with Crippen LogP contribution in [0.3, 0.4) is 0 Å². The first-order valence-electron chi connectivity index (χ1n) is 9.49. The van der Waals surface area contributed by atoms with Gasteiger partial charge in [0.05, 0.1) is 5.56 Å². The number of halogens is 1. The standard InChI is InChI=1S/C22H25FN4OS/c1-15(2)14-27-20(17-12-8-9-13-18(17)23)24-25-22(27)29-19(21(28)26(3)4)16-10-6-5-7-11-16/h5-13,15,19H,14H2,1-4H3. The number of aromatic nitrogens is 3. The second-order valence-corrected chi connectivity index (χ2v) is 8.50. The van der Waals surface area contributed by atoms with Crippen LogP contribution >= 0.6 is 11.8 Å². The second kappa shape index (κ2) is 9.22. The molecule has 3 aromatic rings. The molecule has 1 heterocycles. The van der Waals surface area contributed by atoms with Gasteiger partial charge in [0.2, 0.25) is 5.91 Å². The van der Waals surface area contributed by atoms with Gasteiger partial charge in [-0.25, -0.2) is 4.39 Å². The Kier molecular flexibility index (Phi) is 6.69. The molecular weight excluding hydrogens is 387 g/mol.